The summed E-state index contributed by atoms with van der Waals surface area (Å²) < 4.78 is 7.96. The van der Waals surface area contributed by atoms with Gasteiger partial charge in [0.2, 0.25) is 0 Å². The molecule has 0 saturated heterocycles. The van der Waals surface area contributed by atoms with Crippen molar-refractivity contribution in [1.82, 2.24) is 0 Å². The van der Waals surface area contributed by atoms with Gasteiger partial charge >= 0.3 is 0 Å². The molecule has 0 bridgehead atoms. The average Bonchev–Trinajstić information content (AvgIpc) is 3.96. The van der Waals surface area contributed by atoms with Crippen LogP contribution in [0, 0.1) is 0 Å². The first-order chi connectivity index (χ1) is 27.7. The molecule has 12 rings (SSSR count). The third kappa shape index (κ3) is 4.97. The Morgan fingerprint density at radius 3 is 1.59 bits per heavy atom. The van der Waals surface area contributed by atoms with Crippen LogP contribution in [0.25, 0.3) is 93.5 Å². The van der Waals surface area contributed by atoms with Crippen molar-refractivity contribution in [3.8, 4) is 22.3 Å². The van der Waals surface area contributed by atoms with E-state index in [0.717, 1.165) is 5.69 Å². The topological polar surface area (TPSA) is 3.24 Å². The number of anilines is 3. The lowest BCUT2D eigenvalue weighted by Gasteiger charge is -2.27. The average molecular weight is 766 g/mol. The summed E-state index contributed by atoms with van der Waals surface area (Å²) in [4.78, 5) is 2.51. The Labute approximate surface area is 335 Å². The van der Waals surface area contributed by atoms with E-state index < -0.39 is 0 Å². The molecule has 0 unspecified atom stereocenters. The molecule has 0 aliphatic rings. The van der Waals surface area contributed by atoms with Gasteiger partial charge in [-0.05, 0) is 87.6 Å². The molecule has 262 valence electrons. The molecule has 0 fully saturated rings. The van der Waals surface area contributed by atoms with Crippen molar-refractivity contribution in [3.63, 3.8) is 0 Å². The number of rotatable bonds is 5. The van der Waals surface area contributed by atoms with E-state index in [0.29, 0.717) is 0 Å². The molecular weight excluding hydrogens is 735 g/mol. The predicted octanol–water partition coefficient (Wildman–Crippen LogP) is 16.7. The Morgan fingerprint density at radius 1 is 0.304 bits per heavy atom. The number of thiophene rings is 3. The highest BCUT2D eigenvalue weighted by atomic mass is 32.1. The van der Waals surface area contributed by atoms with Gasteiger partial charge in [-0.15, -0.1) is 34.0 Å². The van der Waals surface area contributed by atoms with Gasteiger partial charge in [0.05, 0.1) is 20.8 Å². The maximum atomic E-state index is 2.51. The molecule has 56 heavy (non-hydrogen) atoms. The Kier molecular flexibility index (Phi) is 7.21. The van der Waals surface area contributed by atoms with E-state index in [1.54, 1.807) is 0 Å². The predicted molar refractivity (Wildman–Crippen MR) is 248 cm³/mol. The van der Waals surface area contributed by atoms with Gasteiger partial charge in [-0.3, -0.25) is 0 Å². The molecule has 0 radical (unpaired) electrons. The molecule has 4 heteroatoms. The number of hydrogen-bond acceptors (Lipinski definition) is 4. The first-order valence-electron chi connectivity index (χ1n) is 18.9. The molecule has 9 aromatic carbocycles. The second-order valence-electron chi connectivity index (χ2n) is 14.4. The minimum absolute atomic E-state index is 1.14. The molecule has 0 amide bonds. The van der Waals surface area contributed by atoms with Crippen molar-refractivity contribution >= 4 is 122 Å². The van der Waals surface area contributed by atoms with Crippen LogP contribution in [0.4, 0.5) is 17.1 Å². The lowest BCUT2D eigenvalue weighted by Crippen LogP contribution is -2.10. The third-order valence-corrected chi connectivity index (χ3v) is 14.9. The van der Waals surface area contributed by atoms with Gasteiger partial charge < -0.3 is 4.90 Å². The van der Waals surface area contributed by atoms with E-state index in [2.05, 4.69) is 193 Å². The summed E-state index contributed by atoms with van der Waals surface area (Å²) in [5, 5.41) is 10.4. The second kappa shape index (κ2) is 12.6. The second-order valence-corrected chi connectivity index (χ2v) is 17.6. The zero-order valence-corrected chi connectivity index (χ0v) is 32.5. The van der Waals surface area contributed by atoms with Crippen LogP contribution in [-0.2, 0) is 0 Å². The van der Waals surface area contributed by atoms with Crippen molar-refractivity contribution in [2.45, 2.75) is 0 Å². The number of nitrogens with zero attached hydrogens (tertiary/aromatic N) is 1. The molecule has 0 spiro atoms. The SMILES string of the molecule is c1ccc(-c2ccc3ccc(-c4ccc(N(c5cccc6c5sc5ccccc56)c5cccc6c5sc5c6ccc6sc7ccccc7c65)cc4)cc3c2)cc1. The molecule has 3 heterocycles. The van der Waals surface area contributed by atoms with E-state index in [1.165, 1.54) is 105 Å². The summed E-state index contributed by atoms with van der Waals surface area (Å²) in [5.41, 5.74) is 8.43. The zero-order chi connectivity index (χ0) is 36.7. The van der Waals surface area contributed by atoms with Gasteiger partial charge in [0, 0.05) is 56.8 Å². The van der Waals surface area contributed by atoms with Gasteiger partial charge in [-0.2, -0.15) is 0 Å². The van der Waals surface area contributed by atoms with Crippen LogP contribution in [0.15, 0.2) is 188 Å². The molecule has 12 aromatic rings. The van der Waals surface area contributed by atoms with E-state index in [4.69, 9.17) is 0 Å². The fourth-order valence-electron chi connectivity index (χ4n) is 8.58. The van der Waals surface area contributed by atoms with Crippen molar-refractivity contribution < 1.29 is 0 Å². The van der Waals surface area contributed by atoms with Crippen molar-refractivity contribution in [3.05, 3.63) is 188 Å². The molecule has 1 nitrogen and oxygen atoms in total. The Morgan fingerprint density at radius 2 is 0.857 bits per heavy atom. The Hall–Kier alpha value is -6.30. The van der Waals surface area contributed by atoms with Crippen LogP contribution in [0.1, 0.15) is 0 Å². The minimum Gasteiger partial charge on any atom is -0.308 e. The first kappa shape index (κ1) is 32.0. The molecule has 3 aromatic heterocycles. The third-order valence-electron chi connectivity index (χ3n) is 11.3. The van der Waals surface area contributed by atoms with Gasteiger partial charge in [0.1, 0.15) is 0 Å². The summed E-state index contributed by atoms with van der Waals surface area (Å²) in [5.74, 6) is 0. The lowest BCUT2D eigenvalue weighted by molar-refractivity contribution is 1.32. The largest absolute Gasteiger partial charge is 0.308 e. The van der Waals surface area contributed by atoms with Crippen molar-refractivity contribution in [2.24, 2.45) is 0 Å². The summed E-state index contributed by atoms with van der Waals surface area (Å²) in [6, 6.07) is 69.4. The smallest absolute Gasteiger partial charge is 0.0640 e. The van der Waals surface area contributed by atoms with Crippen LogP contribution in [0.3, 0.4) is 0 Å². The van der Waals surface area contributed by atoms with E-state index in [-0.39, 0.29) is 0 Å². The van der Waals surface area contributed by atoms with E-state index in [9.17, 15) is 0 Å². The normalized spacial score (nSPS) is 11.9. The van der Waals surface area contributed by atoms with Gasteiger partial charge in [-0.25, -0.2) is 0 Å². The van der Waals surface area contributed by atoms with E-state index >= 15 is 0 Å². The number of hydrogen-bond donors (Lipinski definition) is 0. The maximum Gasteiger partial charge on any atom is 0.0640 e. The molecular formula is C52H31NS3. The zero-order valence-electron chi connectivity index (χ0n) is 30.1. The summed E-state index contributed by atoms with van der Waals surface area (Å²) >= 11 is 5.71. The van der Waals surface area contributed by atoms with Crippen molar-refractivity contribution in [2.75, 3.05) is 4.90 Å². The van der Waals surface area contributed by atoms with Crippen LogP contribution in [-0.4, -0.2) is 0 Å². The summed E-state index contributed by atoms with van der Waals surface area (Å²) in [6.07, 6.45) is 0. The molecule has 0 atom stereocenters. The first-order valence-corrected chi connectivity index (χ1v) is 21.4. The summed E-state index contributed by atoms with van der Waals surface area (Å²) in [6.45, 7) is 0. The Bertz CT molecular complexity index is 3480. The van der Waals surface area contributed by atoms with Crippen molar-refractivity contribution in [1.29, 1.82) is 0 Å². The minimum atomic E-state index is 1.14. The molecule has 0 N–H and O–H groups in total. The fourth-order valence-corrected chi connectivity index (χ4v) is 12.3. The molecule has 0 aliphatic carbocycles. The van der Waals surface area contributed by atoms with Gasteiger partial charge in [0.15, 0.2) is 0 Å². The van der Waals surface area contributed by atoms with Crippen LogP contribution >= 0.6 is 34.0 Å². The maximum absolute atomic E-state index is 2.51. The number of fused-ring (bicyclic) bond motifs is 11. The lowest BCUT2D eigenvalue weighted by atomic mass is 9.97. The standard InChI is InChI=1S/C52H31NS3/c1-2-10-32(11-3-1)35-22-20-34-21-23-36(31-37(34)30-35)33-24-26-38(27-25-33)53(44-16-8-14-40-39-12-4-6-18-46(39)55-50(40)44)45-17-9-15-41-42-28-29-48-49(52(42)56-51(41)45)43-13-5-7-19-47(43)54-48/h1-31H. The monoisotopic (exact) mass is 765 g/mol. The Balaban J connectivity index is 1.05. The fraction of sp³-hybridized carbons (Fsp3) is 0. The van der Waals surface area contributed by atoms with Gasteiger partial charge in [-0.1, -0.05) is 133 Å². The summed E-state index contributed by atoms with van der Waals surface area (Å²) in [7, 11) is 0. The highest BCUT2D eigenvalue weighted by molar-refractivity contribution is 7.30. The quantitative estimate of drug-likeness (QED) is 0.169. The highest BCUT2D eigenvalue weighted by Gasteiger charge is 2.22. The van der Waals surface area contributed by atoms with Crippen LogP contribution in [0.2, 0.25) is 0 Å². The molecule has 0 saturated carbocycles. The van der Waals surface area contributed by atoms with E-state index in [1.807, 2.05) is 34.0 Å². The van der Waals surface area contributed by atoms with Crippen LogP contribution < -0.4 is 4.90 Å². The molecule has 0 aliphatic heterocycles. The van der Waals surface area contributed by atoms with Crippen LogP contribution in [0.5, 0.6) is 0 Å². The highest BCUT2D eigenvalue weighted by Crippen LogP contribution is 2.51. The number of benzene rings is 9. The van der Waals surface area contributed by atoms with Gasteiger partial charge in [0.25, 0.3) is 0 Å².